The number of urea groups is 3. The lowest BCUT2D eigenvalue weighted by atomic mass is 10.0. The number of fused-ring (bicyclic) bond motifs is 3. The number of aliphatic imine (C=N–C) groups is 3. The molecule has 3 unspecified atom stereocenters. The lowest BCUT2D eigenvalue weighted by Crippen LogP contribution is -2.29. The third-order valence-electron chi connectivity index (χ3n) is 17.9. The first-order valence-corrected chi connectivity index (χ1v) is 31.0. The van der Waals surface area contributed by atoms with Crippen LogP contribution in [0.1, 0.15) is 124 Å². The van der Waals surface area contributed by atoms with Gasteiger partial charge in [-0.15, -0.1) is 11.3 Å². The van der Waals surface area contributed by atoms with Crippen LogP contribution in [0.15, 0.2) is 169 Å². The Labute approximate surface area is 505 Å². The molecule has 6 aromatic carbocycles. The third-order valence-corrected chi connectivity index (χ3v) is 18.9. The number of amides is 6. The molecule has 432 valence electrons. The second-order valence-electron chi connectivity index (χ2n) is 23.7. The van der Waals surface area contributed by atoms with E-state index in [2.05, 4.69) is 112 Å². The van der Waals surface area contributed by atoms with Gasteiger partial charge in [0.15, 0.2) is 5.76 Å². The van der Waals surface area contributed by atoms with Crippen molar-refractivity contribution in [3.63, 3.8) is 0 Å². The van der Waals surface area contributed by atoms with Gasteiger partial charge in [0.1, 0.15) is 0 Å². The van der Waals surface area contributed by atoms with Crippen LogP contribution in [0.2, 0.25) is 0 Å². The van der Waals surface area contributed by atoms with E-state index in [1.165, 1.54) is 58.4 Å². The number of rotatable bonds is 12. The molecule has 9 heterocycles. The first-order chi connectivity index (χ1) is 42.8. The van der Waals surface area contributed by atoms with Crippen LogP contribution in [0, 0.1) is 0 Å². The molecule has 0 radical (unpaired) electrons. The smallest absolute Gasteiger partial charge is 0.322 e. The van der Waals surface area contributed by atoms with Gasteiger partial charge in [-0.05, 0) is 137 Å². The Morgan fingerprint density at radius 1 is 0.437 bits per heavy atom. The molecule has 6 amide bonds. The number of nitrogens with zero attached hydrogens (tertiary/aromatic N) is 9. The predicted molar refractivity (Wildman–Crippen MR) is 338 cm³/mol. The quantitative estimate of drug-likeness (QED) is 0.107. The van der Waals surface area contributed by atoms with Crippen molar-refractivity contribution in [1.29, 1.82) is 0 Å². The summed E-state index contributed by atoms with van der Waals surface area (Å²) in [5, 5.41) is 19.5. The van der Waals surface area contributed by atoms with E-state index in [4.69, 9.17) is 9.05 Å². The highest BCUT2D eigenvalue weighted by molar-refractivity contribution is 7.10. The highest BCUT2D eigenvalue weighted by Crippen LogP contribution is 2.46. The molecule has 6 fully saturated rings. The molecule has 3 saturated heterocycles. The van der Waals surface area contributed by atoms with Crippen molar-refractivity contribution in [2.75, 3.05) is 34.3 Å². The minimum absolute atomic E-state index is 0.00974. The van der Waals surface area contributed by atoms with E-state index in [1.54, 1.807) is 0 Å². The summed E-state index contributed by atoms with van der Waals surface area (Å²) in [6.07, 6.45) is 15.7. The molecule has 3 atom stereocenters. The fourth-order valence-electron chi connectivity index (χ4n) is 12.5. The Morgan fingerprint density at radius 2 is 0.885 bits per heavy atom. The van der Waals surface area contributed by atoms with Gasteiger partial charge in [0, 0.05) is 109 Å². The van der Waals surface area contributed by atoms with Crippen LogP contribution >= 0.6 is 11.3 Å². The number of hydrogen-bond donors (Lipinski definition) is 3. The van der Waals surface area contributed by atoms with Gasteiger partial charge in [-0.2, -0.15) is 4.98 Å². The van der Waals surface area contributed by atoms with E-state index >= 15 is 0 Å². The second-order valence-corrected chi connectivity index (χ2v) is 24.6. The first kappa shape index (κ1) is 52.7. The molecule has 18 rings (SSSR count). The van der Waals surface area contributed by atoms with Gasteiger partial charge >= 0.3 is 18.1 Å². The highest BCUT2D eigenvalue weighted by atomic mass is 32.1. The van der Waals surface area contributed by atoms with E-state index in [0.29, 0.717) is 37.3 Å². The molecular weight excluding hydrogens is 1110 g/mol. The lowest BCUT2D eigenvalue weighted by molar-refractivity contribution is 0.251. The summed E-state index contributed by atoms with van der Waals surface area (Å²) < 4.78 is 10.9. The second kappa shape index (κ2) is 21.9. The van der Waals surface area contributed by atoms with E-state index in [9.17, 15) is 14.4 Å². The fourth-order valence-corrected chi connectivity index (χ4v) is 13.6. The van der Waals surface area contributed by atoms with Gasteiger partial charge in [-0.25, -0.2) is 14.4 Å². The SMILES string of the molecule is O=C1NCC(c2ccc(-c3cc(C4CC4)no3)cc2)N1c1ccc2c(c1)N=CC2.O=C1NCC(c2ccc(-c3csc(C4CC4)c3)cc2)N1c1ccc2c(c1)N=CC2.O=C1NCC(c2ccc(-c3noc(C4CC4)n3)cc2)N1c1ccc2c(c1)N=CC2. The zero-order valence-electron chi connectivity index (χ0n) is 47.5. The average molecular weight is 1170 g/mol. The Balaban J connectivity index is 0.000000106. The summed E-state index contributed by atoms with van der Waals surface area (Å²) in [5.41, 5.74) is 17.9. The third kappa shape index (κ3) is 10.5. The molecule has 3 N–H and O–H groups in total. The molecular formula is C69H60N12O5S. The van der Waals surface area contributed by atoms with Crippen LogP contribution in [0.25, 0.3) is 33.8 Å². The van der Waals surface area contributed by atoms with Crippen LogP contribution in [0.4, 0.5) is 48.5 Å². The summed E-state index contributed by atoms with van der Waals surface area (Å²) in [5.74, 6) is 3.97. The molecule has 0 bridgehead atoms. The van der Waals surface area contributed by atoms with Gasteiger partial charge in [-0.1, -0.05) is 101 Å². The molecule has 87 heavy (non-hydrogen) atoms. The Kier molecular flexibility index (Phi) is 13.3. The number of carbonyl (C=O) groups excluding carboxylic acids is 3. The fraction of sp³-hybridized carbons (Fsp3) is 0.261. The monoisotopic (exact) mass is 1170 g/mol. The molecule has 3 aromatic heterocycles. The van der Waals surface area contributed by atoms with E-state index in [0.717, 1.165) is 117 Å². The first-order valence-electron chi connectivity index (χ1n) is 30.2. The standard InChI is InChI=1S/C24H21N3OS.C23H20N4O2.C22H19N5O2/c28-24-26-13-22(27(24)20-8-7-16-9-10-25-21(16)12-20)17-3-1-15(2-4-17)19-11-23(29-14-19)18-5-6-18;28-23-25-13-21(27(23)18-8-7-15-9-10-24-19(15)11-18)16-3-5-17(6-4-16)22-12-20(26-29-22)14-1-2-14;28-22-24-12-19(27(22)17-8-7-13-9-10-23-18(13)11-17)14-1-3-15(4-2-14)20-25-21(29-26-20)16-5-6-16/h1-4,7-8,10-12,14,18,22H,5-6,9,13H2,(H,26,28);3-8,10-12,14,21H,1-2,9,13H2,(H,25,28);1-4,7-8,10-11,16,19H,5-6,9,12H2,(H,24,28). The van der Waals surface area contributed by atoms with Crippen molar-refractivity contribution in [2.24, 2.45) is 15.0 Å². The van der Waals surface area contributed by atoms with E-state index in [1.807, 2.05) is 124 Å². The van der Waals surface area contributed by atoms with Gasteiger partial charge in [0.05, 0.1) is 40.9 Å². The molecule has 3 saturated carbocycles. The Hall–Kier alpha value is -9.81. The molecule has 6 aliphatic heterocycles. The topological polar surface area (TPSA) is 199 Å². The Bertz CT molecular complexity index is 3820. The maximum absolute atomic E-state index is 12.6. The summed E-state index contributed by atoms with van der Waals surface area (Å²) in [6.45, 7) is 1.75. The van der Waals surface area contributed by atoms with Crippen LogP contribution in [0.3, 0.4) is 0 Å². The van der Waals surface area contributed by atoms with Crippen molar-refractivity contribution in [1.82, 2.24) is 31.2 Å². The van der Waals surface area contributed by atoms with Crippen LogP contribution in [-0.4, -0.2) is 71.7 Å². The summed E-state index contributed by atoms with van der Waals surface area (Å²) in [7, 11) is 0. The minimum Gasteiger partial charge on any atom is -0.356 e. The molecule has 3 aliphatic carbocycles. The maximum Gasteiger partial charge on any atom is 0.322 e. The number of benzene rings is 6. The van der Waals surface area contributed by atoms with Crippen LogP contribution in [-0.2, 0) is 19.3 Å². The van der Waals surface area contributed by atoms with Crippen molar-refractivity contribution >= 4 is 82.2 Å². The molecule has 0 spiro atoms. The van der Waals surface area contributed by atoms with Gasteiger partial charge in [-0.3, -0.25) is 29.7 Å². The lowest BCUT2D eigenvalue weighted by Gasteiger charge is -2.24. The molecule has 18 heteroatoms. The van der Waals surface area contributed by atoms with Crippen molar-refractivity contribution < 1.29 is 23.4 Å². The van der Waals surface area contributed by atoms with E-state index in [-0.39, 0.29) is 36.2 Å². The Morgan fingerprint density at radius 3 is 1.34 bits per heavy atom. The molecule has 17 nitrogen and oxygen atoms in total. The number of hydrogen-bond acceptors (Lipinski definition) is 12. The summed E-state index contributed by atoms with van der Waals surface area (Å²) in [4.78, 5) is 62.5. The van der Waals surface area contributed by atoms with Crippen molar-refractivity contribution in [3.05, 3.63) is 195 Å². The number of thiophene rings is 1. The summed E-state index contributed by atoms with van der Waals surface area (Å²) >= 11 is 1.88. The summed E-state index contributed by atoms with van der Waals surface area (Å²) in [6, 6.07) is 47.2. The number of nitrogens with one attached hydrogen (secondary N) is 3. The molecule has 9 aromatic rings. The van der Waals surface area contributed by atoms with E-state index < -0.39 is 0 Å². The zero-order chi connectivity index (χ0) is 58.1. The largest absolute Gasteiger partial charge is 0.356 e. The zero-order valence-corrected chi connectivity index (χ0v) is 48.3. The van der Waals surface area contributed by atoms with Crippen LogP contribution < -0.4 is 30.7 Å². The van der Waals surface area contributed by atoms with Crippen molar-refractivity contribution in [2.45, 2.75) is 93.7 Å². The number of aromatic nitrogens is 3. The highest BCUT2D eigenvalue weighted by Gasteiger charge is 2.37. The number of anilines is 3. The molecule has 9 aliphatic rings. The predicted octanol–water partition coefficient (Wildman–Crippen LogP) is 14.7. The van der Waals surface area contributed by atoms with Gasteiger partial charge in [0.2, 0.25) is 11.7 Å². The van der Waals surface area contributed by atoms with Crippen LogP contribution in [0.5, 0.6) is 0 Å². The maximum atomic E-state index is 12.6. The van der Waals surface area contributed by atoms with Gasteiger partial charge < -0.3 is 25.0 Å². The minimum atomic E-state index is -0.0896. The van der Waals surface area contributed by atoms with Crippen molar-refractivity contribution in [3.8, 4) is 33.8 Å². The average Bonchev–Trinajstić information content (AvgIpc) is 3.05. The number of carbonyl (C=O) groups is 3. The van der Waals surface area contributed by atoms with Gasteiger partial charge in [0.25, 0.3) is 0 Å². The normalized spacial score (nSPS) is 20.2.